The molecular formula is C19H21N9O2. The van der Waals surface area contributed by atoms with Crippen molar-refractivity contribution in [1.82, 2.24) is 29.9 Å². The molecule has 1 fully saturated rings. The molecule has 11 nitrogen and oxygen atoms in total. The maximum Gasteiger partial charge on any atom is 0.269 e. The summed E-state index contributed by atoms with van der Waals surface area (Å²) in [5, 5.41) is 23.0. The molecule has 1 aliphatic heterocycles. The van der Waals surface area contributed by atoms with Crippen LogP contribution in [0.4, 0.5) is 11.9 Å². The van der Waals surface area contributed by atoms with Gasteiger partial charge >= 0.3 is 0 Å². The molecule has 0 aromatic carbocycles. The van der Waals surface area contributed by atoms with Crippen molar-refractivity contribution in [2.45, 2.75) is 44.6 Å². The Bertz CT molecular complexity index is 1120. The van der Waals surface area contributed by atoms with Crippen LogP contribution in [0.25, 0.3) is 5.65 Å². The number of aliphatic imine (C=N–C) groups is 1. The summed E-state index contributed by atoms with van der Waals surface area (Å²) in [4.78, 5) is 29.5. The number of rotatable bonds is 7. The molecule has 4 N–H and O–H groups in total. The number of hydrogen-bond acceptors (Lipinski definition) is 9. The van der Waals surface area contributed by atoms with E-state index in [1.807, 2.05) is 25.1 Å². The zero-order valence-corrected chi connectivity index (χ0v) is 16.3. The fourth-order valence-corrected chi connectivity index (χ4v) is 3.26. The van der Waals surface area contributed by atoms with Gasteiger partial charge in [-0.1, -0.05) is 6.07 Å². The number of aliphatic hydroxyl groups is 1. The van der Waals surface area contributed by atoms with Gasteiger partial charge < -0.3 is 21.1 Å². The van der Waals surface area contributed by atoms with Gasteiger partial charge in [0.05, 0.1) is 17.9 Å². The van der Waals surface area contributed by atoms with E-state index in [0.717, 1.165) is 18.5 Å². The lowest BCUT2D eigenvalue weighted by atomic mass is 10.1. The summed E-state index contributed by atoms with van der Waals surface area (Å²) in [6.07, 6.45) is 4.57. The summed E-state index contributed by atoms with van der Waals surface area (Å²) < 4.78 is 1.63. The molecular weight excluding hydrogens is 386 g/mol. The lowest BCUT2D eigenvalue weighted by Crippen LogP contribution is -2.29. The number of hydrogen-bond donors (Lipinski definition) is 4. The Hall–Kier alpha value is -3.60. The van der Waals surface area contributed by atoms with Crippen molar-refractivity contribution in [2.75, 3.05) is 10.6 Å². The first-order chi connectivity index (χ1) is 14.6. The second-order valence-electron chi connectivity index (χ2n) is 7.41. The number of carbonyl (C=O) groups excluding carboxylic acids is 1. The minimum absolute atomic E-state index is 0.103. The van der Waals surface area contributed by atoms with Crippen molar-refractivity contribution in [3.63, 3.8) is 0 Å². The number of anilines is 2. The van der Waals surface area contributed by atoms with E-state index in [0.29, 0.717) is 29.1 Å². The van der Waals surface area contributed by atoms with Gasteiger partial charge in [-0.25, -0.2) is 4.99 Å². The molecule has 154 valence electrons. The standard InChI is InChI=1S/C19H21N9O2/c1-10(13-4-2-3-7-20-13)22-17-25-15-11(8-14-16(29)26-19(30)24-14)9-21-28(15)18(27-17)23-12-5-6-12/h2-4,7,9-10,12,19,30H,5-6,8H2,1H3,(H,26,29)(H2,22,23,25,27). The van der Waals surface area contributed by atoms with E-state index in [9.17, 15) is 9.90 Å². The number of nitrogens with one attached hydrogen (secondary N) is 3. The highest BCUT2D eigenvalue weighted by molar-refractivity contribution is 6.40. The number of aromatic nitrogens is 5. The maximum atomic E-state index is 11.9. The van der Waals surface area contributed by atoms with Crippen molar-refractivity contribution in [1.29, 1.82) is 0 Å². The second kappa shape index (κ2) is 7.34. The van der Waals surface area contributed by atoms with Crippen LogP contribution in [0.3, 0.4) is 0 Å². The third-order valence-corrected chi connectivity index (χ3v) is 4.99. The summed E-state index contributed by atoms with van der Waals surface area (Å²) in [7, 11) is 0. The molecule has 0 spiro atoms. The van der Waals surface area contributed by atoms with E-state index < -0.39 is 12.3 Å². The van der Waals surface area contributed by atoms with Gasteiger partial charge in [-0.15, -0.1) is 0 Å². The van der Waals surface area contributed by atoms with Gasteiger partial charge in [0, 0.05) is 24.2 Å². The van der Waals surface area contributed by atoms with Crippen LogP contribution in [0.2, 0.25) is 0 Å². The number of aliphatic hydroxyl groups excluding tert-OH is 1. The van der Waals surface area contributed by atoms with Gasteiger partial charge in [0.15, 0.2) is 5.65 Å². The first-order valence-electron chi connectivity index (χ1n) is 9.81. The van der Waals surface area contributed by atoms with Gasteiger partial charge in [-0.05, 0) is 31.9 Å². The highest BCUT2D eigenvalue weighted by atomic mass is 16.3. The zero-order chi connectivity index (χ0) is 20.7. The molecule has 4 heterocycles. The monoisotopic (exact) mass is 407 g/mol. The van der Waals surface area contributed by atoms with Gasteiger partial charge in [-0.2, -0.15) is 19.6 Å². The highest BCUT2D eigenvalue weighted by Gasteiger charge is 2.27. The fourth-order valence-electron chi connectivity index (χ4n) is 3.26. The normalized spacial score (nSPS) is 19.5. The third-order valence-electron chi connectivity index (χ3n) is 4.99. The van der Waals surface area contributed by atoms with Gasteiger partial charge in [0.25, 0.3) is 5.91 Å². The molecule has 0 saturated heterocycles. The lowest BCUT2D eigenvalue weighted by molar-refractivity contribution is -0.116. The summed E-state index contributed by atoms with van der Waals surface area (Å²) in [5.74, 6) is 0.625. The molecule has 5 rings (SSSR count). The van der Waals surface area contributed by atoms with Crippen LogP contribution in [0.15, 0.2) is 35.6 Å². The fraction of sp³-hybridized carbons (Fsp3) is 0.368. The highest BCUT2D eigenvalue weighted by Crippen LogP contribution is 2.26. The van der Waals surface area contributed by atoms with E-state index in [1.54, 1.807) is 16.9 Å². The van der Waals surface area contributed by atoms with Crippen LogP contribution in [0.5, 0.6) is 0 Å². The number of amides is 1. The Labute approximate surface area is 171 Å². The largest absolute Gasteiger partial charge is 0.355 e. The van der Waals surface area contributed by atoms with Crippen molar-refractivity contribution < 1.29 is 9.90 Å². The van der Waals surface area contributed by atoms with E-state index in [4.69, 9.17) is 0 Å². The predicted molar refractivity (Wildman–Crippen MR) is 109 cm³/mol. The molecule has 2 unspecified atom stereocenters. The second-order valence-corrected chi connectivity index (χ2v) is 7.41. The van der Waals surface area contributed by atoms with E-state index in [-0.39, 0.29) is 18.2 Å². The minimum atomic E-state index is -1.20. The summed E-state index contributed by atoms with van der Waals surface area (Å²) in [5.41, 5.74) is 2.40. The summed E-state index contributed by atoms with van der Waals surface area (Å²) in [6.45, 7) is 1.99. The Morgan fingerprint density at radius 1 is 1.33 bits per heavy atom. The van der Waals surface area contributed by atoms with Crippen molar-refractivity contribution in [2.24, 2.45) is 4.99 Å². The van der Waals surface area contributed by atoms with E-state index >= 15 is 0 Å². The molecule has 1 saturated carbocycles. The van der Waals surface area contributed by atoms with Crippen LogP contribution >= 0.6 is 0 Å². The zero-order valence-electron chi connectivity index (χ0n) is 16.3. The molecule has 1 aliphatic carbocycles. The third kappa shape index (κ3) is 3.66. The topological polar surface area (TPSA) is 142 Å². The number of nitrogens with zero attached hydrogens (tertiary/aromatic N) is 6. The smallest absolute Gasteiger partial charge is 0.269 e. The first-order valence-corrected chi connectivity index (χ1v) is 9.81. The lowest BCUT2D eigenvalue weighted by Gasteiger charge is -2.15. The molecule has 3 aromatic heterocycles. The van der Waals surface area contributed by atoms with Gasteiger partial charge in [0.1, 0.15) is 5.71 Å². The quantitative estimate of drug-likeness (QED) is 0.447. The van der Waals surface area contributed by atoms with Crippen molar-refractivity contribution in [3.8, 4) is 0 Å². The Morgan fingerprint density at radius 2 is 2.20 bits per heavy atom. The Morgan fingerprint density at radius 3 is 2.90 bits per heavy atom. The average molecular weight is 407 g/mol. The summed E-state index contributed by atoms with van der Waals surface area (Å²) in [6, 6.07) is 6.01. The molecule has 0 bridgehead atoms. The Kier molecular flexibility index (Phi) is 4.51. The van der Waals surface area contributed by atoms with E-state index in [1.165, 1.54) is 0 Å². The number of carbonyl (C=O) groups is 1. The minimum Gasteiger partial charge on any atom is -0.355 e. The van der Waals surface area contributed by atoms with Gasteiger partial charge in [0.2, 0.25) is 18.2 Å². The molecule has 0 radical (unpaired) electrons. The average Bonchev–Trinajstić information content (AvgIpc) is 3.37. The molecule has 3 aromatic rings. The molecule has 11 heteroatoms. The van der Waals surface area contributed by atoms with Gasteiger partial charge in [-0.3, -0.25) is 9.78 Å². The maximum absolute atomic E-state index is 11.9. The molecule has 2 atom stereocenters. The Balaban J connectivity index is 1.49. The number of pyridine rings is 1. The van der Waals surface area contributed by atoms with Crippen LogP contribution in [-0.2, 0) is 11.2 Å². The molecule has 30 heavy (non-hydrogen) atoms. The summed E-state index contributed by atoms with van der Waals surface area (Å²) >= 11 is 0. The van der Waals surface area contributed by atoms with Crippen LogP contribution in [0, 0.1) is 0 Å². The van der Waals surface area contributed by atoms with Crippen LogP contribution in [-0.4, -0.2) is 53.7 Å². The SMILES string of the molecule is CC(Nc1nc(NC2CC2)n2ncc(CC3=NC(O)NC3=O)c2n1)c1ccccn1. The van der Waals surface area contributed by atoms with Crippen molar-refractivity contribution >= 4 is 29.2 Å². The van der Waals surface area contributed by atoms with E-state index in [2.05, 4.69) is 41.0 Å². The first kappa shape index (κ1) is 18.4. The van der Waals surface area contributed by atoms with Crippen molar-refractivity contribution in [3.05, 3.63) is 41.9 Å². The molecule has 2 aliphatic rings. The predicted octanol–water partition coefficient (Wildman–Crippen LogP) is 0.656. The molecule has 1 amide bonds. The number of fused-ring (bicyclic) bond motifs is 1. The van der Waals surface area contributed by atoms with Crippen LogP contribution in [0.1, 0.15) is 37.1 Å². The van der Waals surface area contributed by atoms with Crippen LogP contribution < -0.4 is 16.0 Å².